The fourth-order valence-electron chi connectivity index (χ4n) is 3.54. The Hall–Kier alpha value is -1.89. The summed E-state index contributed by atoms with van der Waals surface area (Å²) in [4.78, 5) is 0. The topological polar surface area (TPSA) is 54.6 Å². The van der Waals surface area contributed by atoms with Gasteiger partial charge >= 0.3 is 0 Å². The Morgan fingerprint density at radius 3 is 2.72 bits per heavy atom. The fourth-order valence-corrected chi connectivity index (χ4v) is 4.15. The molecule has 4 rings (SSSR count). The van der Waals surface area contributed by atoms with E-state index in [0.717, 1.165) is 50.1 Å². The smallest absolute Gasteiger partial charge is 0.136 e. The number of ether oxygens (including phenoxy) is 1. The summed E-state index contributed by atoms with van der Waals surface area (Å²) in [5.41, 5.74) is 4.08. The number of nitrogens with one attached hydrogen (secondary N) is 1. The monoisotopic (exact) mass is 449 g/mol. The molecule has 1 heterocycles. The molecule has 1 aliphatic rings. The molecule has 25 heavy (non-hydrogen) atoms. The third kappa shape index (κ3) is 3.05. The van der Waals surface area contributed by atoms with E-state index in [-0.39, 0.29) is 0 Å². The second kappa shape index (κ2) is 6.78. The lowest BCUT2D eigenvalue weighted by Gasteiger charge is -2.14. The average molecular weight is 449 g/mol. The molecule has 0 amide bonds. The molecule has 0 saturated carbocycles. The van der Waals surface area contributed by atoms with Crippen molar-refractivity contribution in [3.8, 4) is 11.5 Å². The summed E-state index contributed by atoms with van der Waals surface area (Å²) in [6.07, 6.45) is 4.37. The van der Waals surface area contributed by atoms with Crippen molar-refractivity contribution in [3.05, 3.63) is 50.8 Å². The number of methoxy groups -OCH3 is 1. The quantitative estimate of drug-likeness (QED) is 0.535. The fraction of sp³-hybridized carbons (Fsp3) is 0.300. The summed E-state index contributed by atoms with van der Waals surface area (Å²) < 4.78 is 12.1. The summed E-state index contributed by atoms with van der Waals surface area (Å²) in [6.45, 7) is 0.553. The molecule has 4 nitrogen and oxygen atoms in total. The number of phenolic OH excluding ortho intramolecular Hbond substituents is 1. The summed E-state index contributed by atoms with van der Waals surface area (Å²) in [7, 11) is 1.66. The van der Waals surface area contributed by atoms with Crippen molar-refractivity contribution in [1.29, 1.82) is 0 Å². The molecule has 1 aromatic heterocycles. The molecule has 0 aliphatic heterocycles. The van der Waals surface area contributed by atoms with Gasteiger partial charge < -0.3 is 19.6 Å². The van der Waals surface area contributed by atoms with Crippen molar-refractivity contribution >= 4 is 39.2 Å². The summed E-state index contributed by atoms with van der Waals surface area (Å²) in [5, 5.41) is 15.2. The van der Waals surface area contributed by atoms with Crippen LogP contribution in [0.25, 0.3) is 11.0 Å². The number of aryl methyl sites for hydroxylation is 2. The molecule has 2 aromatic carbocycles. The van der Waals surface area contributed by atoms with Gasteiger partial charge in [-0.1, -0.05) is 0 Å². The Balaban J connectivity index is 1.71. The Kier molecular flexibility index (Phi) is 4.50. The molecule has 0 atom stereocenters. The molecule has 3 aromatic rings. The zero-order valence-electron chi connectivity index (χ0n) is 14.1. The van der Waals surface area contributed by atoms with Crippen LogP contribution < -0.4 is 10.1 Å². The number of hydrogen-bond acceptors (Lipinski definition) is 4. The van der Waals surface area contributed by atoms with Crippen LogP contribution in [0.4, 0.5) is 5.69 Å². The van der Waals surface area contributed by atoms with Gasteiger partial charge in [0.2, 0.25) is 0 Å². The Morgan fingerprint density at radius 2 is 1.96 bits per heavy atom. The van der Waals surface area contributed by atoms with Crippen LogP contribution in [0.2, 0.25) is 0 Å². The number of aromatic hydroxyl groups is 1. The first-order valence-electron chi connectivity index (χ1n) is 8.50. The lowest BCUT2D eigenvalue weighted by Crippen LogP contribution is -2.04. The van der Waals surface area contributed by atoms with Gasteiger partial charge in [-0.05, 0) is 72.2 Å². The molecule has 0 radical (unpaired) electrons. The molecule has 0 fully saturated rings. The second-order valence-corrected chi connectivity index (χ2v) is 7.51. The van der Waals surface area contributed by atoms with E-state index in [2.05, 4.69) is 27.9 Å². The van der Waals surface area contributed by atoms with E-state index in [1.807, 2.05) is 30.3 Å². The van der Waals surface area contributed by atoms with Crippen molar-refractivity contribution in [2.24, 2.45) is 0 Å². The Labute approximate surface area is 160 Å². The first-order chi connectivity index (χ1) is 12.2. The van der Waals surface area contributed by atoms with Gasteiger partial charge in [-0.15, -0.1) is 0 Å². The maximum absolute atomic E-state index is 10.7. The summed E-state index contributed by atoms with van der Waals surface area (Å²) in [6, 6.07) is 9.75. The highest BCUT2D eigenvalue weighted by atomic mass is 127. The van der Waals surface area contributed by atoms with E-state index >= 15 is 0 Å². The van der Waals surface area contributed by atoms with Crippen LogP contribution in [-0.4, -0.2) is 12.2 Å². The van der Waals surface area contributed by atoms with Crippen molar-refractivity contribution in [1.82, 2.24) is 0 Å². The first kappa shape index (κ1) is 16.6. The maximum atomic E-state index is 10.7. The first-order valence-corrected chi connectivity index (χ1v) is 9.57. The van der Waals surface area contributed by atoms with Gasteiger partial charge in [-0.2, -0.15) is 0 Å². The van der Waals surface area contributed by atoms with Crippen LogP contribution in [0, 0.1) is 3.57 Å². The minimum Gasteiger partial charge on any atom is -0.506 e. The Bertz CT molecular complexity index is 915. The van der Waals surface area contributed by atoms with Crippen molar-refractivity contribution < 1.29 is 14.3 Å². The van der Waals surface area contributed by atoms with Crippen LogP contribution in [0.1, 0.15) is 29.7 Å². The second-order valence-electron chi connectivity index (χ2n) is 6.35. The van der Waals surface area contributed by atoms with E-state index in [1.165, 1.54) is 18.4 Å². The predicted octanol–water partition coefficient (Wildman–Crippen LogP) is 5.24. The van der Waals surface area contributed by atoms with Crippen LogP contribution in [0.15, 0.2) is 34.7 Å². The zero-order valence-corrected chi connectivity index (χ0v) is 16.2. The summed E-state index contributed by atoms with van der Waals surface area (Å²) in [5.74, 6) is 2.27. The number of anilines is 1. The third-order valence-electron chi connectivity index (χ3n) is 4.83. The number of halogens is 1. The van der Waals surface area contributed by atoms with Crippen molar-refractivity contribution in [3.63, 3.8) is 0 Å². The highest BCUT2D eigenvalue weighted by Crippen LogP contribution is 2.40. The highest BCUT2D eigenvalue weighted by Gasteiger charge is 2.23. The minimum absolute atomic E-state index is 0.350. The number of furan rings is 1. The minimum atomic E-state index is 0.350. The van der Waals surface area contributed by atoms with Gasteiger partial charge in [0.15, 0.2) is 0 Å². The molecule has 0 spiro atoms. The molecule has 0 unspecified atom stereocenters. The maximum Gasteiger partial charge on any atom is 0.136 e. The van der Waals surface area contributed by atoms with E-state index in [0.29, 0.717) is 12.3 Å². The van der Waals surface area contributed by atoms with Crippen LogP contribution >= 0.6 is 22.6 Å². The standard InChI is InChI=1S/C20H20INO3/c1-24-13-8-6-12(7-9-13)22-11-15-19-14-4-2-3-5-17(14)25-18(19)10-16(21)20(15)23/h6-10,22-23H,2-5,11H2,1H3. The number of rotatable bonds is 4. The van der Waals surface area contributed by atoms with Gasteiger partial charge in [0.05, 0.1) is 10.7 Å². The van der Waals surface area contributed by atoms with E-state index in [9.17, 15) is 5.11 Å². The van der Waals surface area contributed by atoms with E-state index in [1.54, 1.807) is 7.11 Å². The molecule has 1 aliphatic carbocycles. The van der Waals surface area contributed by atoms with Crippen LogP contribution in [0.3, 0.4) is 0 Å². The van der Waals surface area contributed by atoms with Crippen molar-refractivity contribution in [2.45, 2.75) is 32.2 Å². The van der Waals surface area contributed by atoms with E-state index < -0.39 is 0 Å². The van der Waals surface area contributed by atoms with Gasteiger partial charge in [-0.3, -0.25) is 0 Å². The molecule has 0 bridgehead atoms. The highest BCUT2D eigenvalue weighted by molar-refractivity contribution is 14.1. The van der Waals surface area contributed by atoms with Gasteiger partial charge in [-0.25, -0.2) is 0 Å². The van der Waals surface area contributed by atoms with Crippen LogP contribution in [-0.2, 0) is 19.4 Å². The molecular weight excluding hydrogens is 429 g/mol. The SMILES string of the molecule is COc1ccc(NCc2c(O)c(I)cc3oc4c(c23)CCCC4)cc1. The largest absolute Gasteiger partial charge is 0.506 e. The predicted molar refractivity (Wildman–Crippen MR) is 108 cm³/mol. The lowest BCUT2D eigenvalue weighted by atomic mass is 9.93. The third-order valence-corrected chi connectivity index (χ3v) is 5.65. The Morgan fingerprint density at radius 1 is 1.20 bits per heavy atom. The molecule has 2 N–H and O–H groups in total. The number of hydrogen-bond donors (Lipinski definition) is 2. The number of phenols is 1. The van der Waals surface area contributed by atoms with E-state index in [4.69, 9.17) is 9.15 Å². The zero-order chi connectivity index (χ0) is 17.4. The average Bonchev–Trinajstić information content (AvgIpc) is 3.00. The summed E-state index contributed by atoms with van der Waals surface area (Å²) >= 11 is 2.17. The van der Waals surface area contributed by atoms with Crippen LogP contribution in [0.5, 0.6) is 11.5 Å². The van der Waals surface area contributed by atoms with Gasteiger partial charge in [0.25, 0.3) is 0 Å². The number of benzene rings is 2. The number of fused-ring (bicyclic) bond motifs is 3. The normalized spacial score (nSPS) is 13.7. The molecular formula is C20H20INO3. The molecule has 5 heteroatoms. The lowest BCUT2D eigenvalue weighted by molar-refractivity contribution is 0.415. The van der Waals surface area contributed by atoms with Gasteiger partial charge in [0.1, 0.15) is 22.8 Å². The van der Waals surface area contributed by atoms with Crippen molar-refractivity contribution in [2.75, 3.05) is 12.4 Å². The molecule has 0 saturated heterocycles. The van der Waals surface area contributed by atoms with Gasteiger partial charge in [0, 0.05) is 35.2 Å². The molecule has 130 valence electrons.